The quantitative estimate of drug-likeness (QED) is 0.869. The smallest absolute Gasteiger partial charge is 0.120 e. The van der Waals surface area contributed by atoms with Crippen LogP contribution in [-0.4, -0.2) is 11.7 Å². The van der Waals surface area contributed by atoms with Crippen molar-refractivity contribution in [1.82, 2.24) is 0 Å². The molecule has 1 aliphatic rings. The lowest BCUT2D eigenvalue weighted by atomic mass is 10.1. The van der Waals surface area contributed by atoms with E-state index in [1.54, 1.807) is 6.07 Å². The van der Waals surface area contributed by atoms with Gasteiger partial charge in [-0.25, -0.2) is 0 Å². The maximum Gasteiger partial charge on any atom is 0.120 e. The van der Waals surface area contributed by atoms with Gasteiger partial charge in [-0.1, -0.05) is 35.9 Å². The predicted octanol–water partition coefficient (Wildman–Crippen LogP) is 3.26. The molecular weight excluding hydrogens is 222 g/mol. The summed E-state index contributed by atoms with van der Waals surface area (Å²) in [6.45, 7) is 3.87. The van der Waals surface area contributed by atoms with Gasteiger partial charge in [0.25, 0.3) is 0 Å². The topological polar surface area (TPSA) is 23.5 Å². The first kappa shape index (κ1) is 11.1. The Balaban J connectivity index is 1.88. The molecule has 1 heterocycles. The summed E-state index contributed by atoms with van der Waals surface area (Å²) in [6, 6.07) is 14.3. The molecule has 2 aromatic rings. The van der Waals surface area contributed by atoms with Crippen molar-refractivity contribution < 1.29 is 5.11 Å². The van der Waals surface area contributed by atoms with E-state index < -0.39 is 0 Å². The largest absolute Gasteiger partial charge is 0.508 e. The van der Waals surface area contributed by atoms with Gasteiger partial charge in [0.15, 0.2) is 0 Å². The summed E-state index contributed by atoms with van der Waals surface area (Å²) in [4.78, 5) is 2.34. The van der Waals surface area contributed by atoms with Gasteiger partial charge < -0.3 is 10.0 Å². The SMILES string of the molecule is Cc1ccc(O)c(CN2CCc3ccccc32)c1. The van der Waals surface area contributed by atoms with E-state index in [1.165, 1.54) is 16.8 Å². The van der Waals surface area contributed by atoms with Crippen LogP contribution in [0.15, 0.2) is 42.5 Å². The van der Waals surface area contributed by atoms with Gasteiger partial charge in [0.2, 0.25) is 0 Å². The van der Waals surface area contributed by atoms with Crippen LogP contribution in [0.25, 0.3) is 0 Å². The van der Waals surface area contributed by atoms with Crippen molar-refractivity contribution in [2.75, 3.05) is 11.4 Å². The van der Waals surface area contributed by atoms with Crippen LogP contribution in [0.3, 0.4) is 0 Å². The number of phenols is 1. The lowest BCUT2D eigenvalue weighted by molar-refractivity contribution is 0.467. The van der Waals surface area contributed by atoms with Crippen LogP contribution in [0.4, 0.5) is 5.69 Å². The number of fused-ring (bicyclic) bond motifs is 1. The molecule has 0 atom stereocenters. The van der Waals surface area contributed by atoms with Crippen LogP contribution in [0.2, 0.25) is 0 Å². The second-order valence-corrected chi connectivity index (χ2v) is 4.93. The van der Waals surface area contributed by atoms with Crippen molar-refractivity contribution >= 4 is 5.69 Å². The van der Waals surface area contributed by atoms with Gasteiger partial charge in [0.1, 0.15) is 5.75 Å². The minimum atomic E-state index is 0.394. The molecule has 3 rings (SSSR count). The molecule has 0 saturated heterocycles. The zero-order valence-corrected chi connectivity index (χ0v) is 10.6. The van der Waals surface area contributed by atoms with E-state index in [0.717, 1.165) is 25.1 Å². The van der Waals surface area contributed by atoms with Gasteiger partial charge in [-0.05, 0) is 31.0 Å². The fraction of sp³-hybridized carbons (Fsp3) is 0.250. The Morgan fingerprint density at radius 1 is 1.17 bits per heavy atom. The van der Waals surface area contributed by atoms with E-state index >= 15 is 0 Å². The van der Waals surface area contributed by atoms with E-state index in [1.807, 2.05) is 6.07 Å². The summed E-state index contributed by atoms with van der Waals surface area (Å²) in [5.41, 5.74) is 4.91. The number of aryl methyl sites for hydroxylation is 1. The highest BCUT2D eigenvalue weighted by Gasteiger charge is 2.19. The number of aromatic hydroxyl groups is 1. The van der Waals surface area contributed by atoms with Crippen molar-refractivity contribution in [3.05, 3.63) is 59.2 Å². The van der Waals surface area contributed by atoms with Crippen LogP contribution in [0.5, 0.6) is 5.75 Å². The van der Waals surface area contributed by atoms with Crippen molar-refractivity contribution in [1.29, 1.82) is 0 Å². The highest BCUT2D eigenvalue weighted by Crippen LogP contribution is 2.30. The third-order valence-electron chi connectivity index (χ3n) is 3.58. The van der Waals surface area contributed by atoms with Gasteiger partial charge in [0, 0.05) is 24.3 Å². The molecular formula is C16H17NO. The Bertz CT molecular complexity index is 577. The third-order valence-corrected chi connectivity index (χ3v) is 3.58. The number of rotatable bonds is 2. The number of para-hydroxylation sites is 1. The number of anilines is 1. The molecule has 18 heavy (non-hydrogen) atoms. The summed E-state index contributed by atoms with van der Waals surface area (Å²) in [5, 5.41) is 9.92. The van der Waals surface area contributed by atoms with Gasteiger partial charge in [-0.3, -0.25) is 0 Å². The van der Waals surface area contributed by atoms with Crippen LogP contribution < -0.4 is 4.90 Å². The Morgan fingerprint density at radius 2 is 2.00 bits per heavy atom. The van der Waals surface area contributed by atoms with Crippen molar-refractivity contribution in [3.8, 4) is 5.75 Å². The highest BCUT2D eigenvalue weighted by molar-refractivity contribution is 5.58. The average Bonchev–Trinajstić information content (AvgIpc) is 2.78. The standard InChI is InChI=1S/C16H17NO/c1-12-6-7-16(18)14(10-12)11-17-9-8-13-4-2-3-5-15(13)17/h2-7,10,18H,8-9,11H2,1H3. The molecule has 92 valence electrons. The Labute approximate surface area is 107 Å². The molecule has 2 heteroatoms. The molecule has 2 aromatic carbocycles. The van der Waals surface area contributed by atoms with Gasteiger partial charge in [0.05, 0.1) is 0 Å². The second-order valence-electron chi connectivity index (χ2n) is 4.93. The molecule has 1 aliphatic heterocycles. The van der Waals surface area contributed by atoms with E-state index in [2.05, 4.69) is 42.2 Å². The highest BCUT2D eigenvalue weighted by atomic mass is 16.3. The van der Waals surface area contributed by atoms with Crippen molar-refractivity contribution in [2.45, 2.75) is 19.9 Å². The zero-order valence-electron chi connectivity index (χ0n) is 10.6. The first-order valence-electron chi connectivity index (χ1n) is 6.35. The summed E-state index contributed by atoms with van der Waals surface area (Å²) in [7, 11) is 0. The molecule has 0 amide bonds. The van der Waals surface area contributed by atoms with Crippen LogP contribution >= 0.6 is 0 Å². The Hall–Kier alpha value is -1.96. The fourth-order valence-electron chi connectivity index (χ4n) is 2.62. The molecule has 0 unspecified atom stereocenters. The van der Waals surface area contributed by atoms with E-state index in [9.17, 15) is 5.11 Å². The van der Waals surface area contributed by atoms with Crippen molar-refractivity contribution in [2.24, 2.45) is 0 Å². The summed E-state index contributed by atoms with van der Waals surface area (Å²) in [5.74, 6) is 0.394. The zero-order chi connectivity index (χ0) is 12.5. The monoisotopic (exact) mass is 239 g/mol. The van der Waals surface area contributed by atoms with E-state index in [4.69, 9.17) is 0 Å². The van der Waals surface area contributed by atoms with Gasteiger partial charge >= 0.3 is 0 Å². The van der Waals surface area contributed by atoms with Gasteiger partial charge in [-0.2, -0.15) is 0 Å². The van der Waals surface area contributed by atoms with E-state index in [0.29, 0.717) is 5.75 Å². The summed E-state index contributed by atoms with van der Waals surface area (Å²) >= 11 is 0. The number of phenolic OH excluding ortho intramolecular Hbond substituents is 1. The molecule has 0 saturated carbocycles. The molecule has 1 N–H and O–H groups in total. The lowest BCUT2D eigenvalue weighted by Gasteiger charge is -2.20. The second kappa shape index (κ2) is 4.37. The Kier molecular flexibility index (Phi) is 2.71. The molecule has 0 spiro atoms. The van der Waals surface area contributed by atoms with Crippen LogP contribution in [0, 0.1) is 6.92 Å². The minimum absolute atomic E-state index is 0.394. The first-order chi connectivity index (χ1) is 8.74. The minimum Gasteiger partial charge on any atom is -0.508 e. The molecule has 0 fully saturated rings. The number of hydrogen-bond acceptors (Lipinski definition) is 2. The normalized spacial score (nSPS) is 13.7. The maximum absolute atomic E-state index is 9.92. The van der Waals surface area contributed by atoms with Crippen LogP contribution in [-0.2, 0) is 13.0 Å². The number of nitrogens with zero attached hydrogens (tertiary/aromatic N) is 1. The van der Waals surface area contributed by atoms with Crippen LogP contribution in [0.1, 0.15) is 16.7 Å². The molecule has 2 nitrogen and oxygen atoms in total. The predicted molar refractivity (Wildman–Crippen MR) is 74.0 cm³/mol. The average molecular weight is 239 g/mol. The summed E-state index contributed by atoms with van der Waals surface area (Å²) < 4.78 is 0. The third kappa shape index (κ3) is 1.94. The summed E-state index contributed by atoms with van der Waals surface area (Å²) in [6.07, 6.45) is 1.10. The fourth-order valence-corrected chi connectivity index (χ4v) is 2.62. The molecule has 0 radical (unpaired) electrons. The first-order valence-corrected chi connectivity index (χ1v) is 6.35. The molecule has 0 aromatic heterocycles. The lowest BCUT2D eigenvalue weighted by Crippen LogP contribution is -2.19. The maximum atomic E-state index is 9.92. The van der Waals surface area contributed by atoms with Gasteiger partial charge in [-0.15, -0.1) is 0 Å². The number of benzene rings is 2. The van der Waals surface area contributed by atoms with Crippen molar-refractivity contribution in [3.63, 3.8) is 0 Å². The Morgan fingerprint density at radius 3 is 2.89 bits per heavy atom. The molecule has 0 aliphatic carbocycles. The number of hydrogen-bond donors (Lipinski definition) is 1. The van der Waals surface area contributed by atoms with E-state index in [-0.39, 0.29) is 0 Å². The molecule has 0 bridgehead atoms.